The third-order valence-corrected chi connectivity index (χ3v) is 3.99. The number of amides is 1. The number of hydrogen-bond acceptors (Lipinski definition) is 5. The zero-order chi connectivity index (χ0) is 19.9. The molecule has 140 valence electrons. The number of nitrogens with zero attached hydrogens (tertiary/aromatic N) is 3. The largest absolute Gasteiger partial charge is 0.354 e. The predicted octanol–water partition coefficient (Wildman–Crippen LogP) is 3.70. The molecule has 0 radical (unpaired) electrons. The molecule has 0 spiro atoms. The fourth-order valence-corrected chi connectivity index (χ4v) is 2.60. The number of nitrogens with one attached hydrogen (secondary N) is 2. The van der Waals surface area contributed by atoms with Crippen molar-refractivity contribution in [3.8, 4) is 6.07 Å². The van der Waals surface area contributed by atoms with Crippen LogP contribution < -0.4 is 10.6 Å². The number of hydrogen-bond donors (Lipinski definition) is 2. The Kier molecular flexibility index (Phi) is 5.92. The van der Waals surface area contributed by atoms with E-state index < -0.39 is 0 Å². The summed E-state index contributed by atoms with van der Waals surface area (Å²) >= 11 is 0. The molecule has 0 unspecified atom stereocenters. The van der Waals surface area contributed by atoms with E-state index in [2.05, 4.69) is 20.6 Å². The Bertz CT molecular complexity index is 1030. The van der Waals surface area contributed by atoms with Crippen molar-refractivity contribution in [1.29, 1.82) is 5.26 Å². The van der Waals surface area contributed by atoms with Gasteiger partial charge in [-0.2, -0.15) is 5.26 Å². The average molecular weight is 375 g/mol. The van der Waals surface area contributed by atoms with E-state index in [4.69, 9.17) is 5.26 Å². The monoisotopic (exact) mass is 375 g/mol. The molecule has 0 aliphatic rings. The van der Waals surface area contributed by atoms with Crippen LogP contribution in [0.15, 0.2) is 54.6 Å². The minimum atomic E-state index is -0.382. The summed E-state index contributed by atoms with van der Waals surface area (Å²) in [4.78, 5) is 21.0. The zero-order valence-electron chi connectivity index (χ0n) is 15.2. The molecular formula is C21H18FN5O. The normalized spacial score (nSPS) is 10.2. The maximum Gasteiger partial charge on any atom is 0.274 e. The van der Waals surface area contributed by atoms with Gasteiger partial charge in [0, 0.05) is 17.9 Å². The summed E-state index contributed by atoms with van der Waals surface area (Å²) in [6.07, 6.45) is 0.469. The third-order valence-electron chi connectivity index (χ3n) is 3.99. The van der Waals surface area contributed by atoms with Gasteiger partial charge >= 0.3 is 0 Å². The Morgan fingerprint density at radius 3 is 2.61 bits per heavy atom. The highest BCUT2D eigenvalue weighted by atomic mass is 19.1. The van der Waals surface area contributed by atoms with Gasteiger partial charge < -0.3 is 10.6 Å². The number of halogens is 1. The van der Waals surface area contributed by atoms with E-state index in [1.165, 1.54) is 6.07 Å². The van der Waals surface area contributed by atoms with Crippen molar-refractivity contribution in [1.82, 2.24) is 9.97 Å². The van der Waals surface area contributed by atoms with Gasteiger partial charge in [-0.3, -0.25) is 4.79 Å². The van der Waals surface area contributed by atoms with Gasteiger partial charge in [0.25, 0.3) is 5.91 Å². The molecule has 28 heavy (non-hydrogen) atoms. The van der Waals surface area contributed by atoms with Gasteiger partial charge in [0.05, 0.1) is 11.6 Å². The minimum absolute atomic E-state index is 0.213. The van der Waals surface area contributed by atoms with Crippen LogP contribution in [0.2, 0.25) is 0 Å². The molecule has 6 nitrogen and oxygen atoms in total. The van der Waals surface area contributed by atoms with E-state index in [0.717, 1.165) is 0 Å². The molecule has 2 N–H and O–H groups in total. The van der Waals surface area contributed by atoms with E-state index in [0.29, 0.717) is 41.4 Å². The number of aryl methyl sites for hydroxylation is 1. The predicted molar refractivity (Wildman–Crippen MR) is 104 cm³/mol. The van der Waals surface area contributed by atoms with Gasteiger partial charge in [-0.25, -0.2) is 14.4 Å². The van der Waals surface area contributed by atoms with Crippen molar-refractivity contribution < 1.29 is 9.18 Å². The summed E-state index contributed by atoms with van der Waals surface area (Å²) in [5.74, 6) is -0.328. The molecule has 0 aliphatic heterocycles. The number of carbonyl (C=O) groups excluding carboxylic acids is 1. The second kappa shape index (κ2) is 8.73. The van der Waals surface area contributed by atoms with E-state index in [1.807, 2.05) is 6.07 Å². The van der Waals surface area contributed by atoms with Crippen LogP contribution in [-0.4, -0.2) is 22.4 Å². The molecule has 0 bridgehead atoms. The SMILES string of the molecule is Cc1cc(C(=O)Nc2ccc(C#N)cc2)nc(NCCc2ccccc2F)n1. The van der Waals surface area contributed by atoms with Crippen LogP contribution in [0.25, 0.3) is 0 Å². The average Bonchev–Trinajstić information content (AvgIpc) is 2.69. The number of nitriles is 1. The Morgan fingerprint density at radius 1 is 1.14 bits per heavy atom. The first kappa shape index (κ1) is 19.0. The molecular weight excluding hydrogens is 357 g/mol. The molecule has 0 fully saturated rings. The summed E-state index contributed by atoms with van der Waals surface area (Å²) in [5.41, 5.74) is 2.52. The van der Waals surface area contributed by atoms with Gasteiger partial charge in [-0.1, -0.05) is 18.2 Å². The molecule has 0 aliphatic carbocycles. The number of aromatic nitrogens is 2. The smallest absolute Gasteiger partial charge is 0.274 e. The minimum Gasteiger partial charge on any atom is -0.354 e. The van der Waals surface area contributed by atoms with Gasteiger partial charge in [-0.15, -0.1) is 0 Å². The fourth-order valence-electron chi connectivity index (χ4n) is 2.60. The molecule has 1 aromatic heterocycles. The van der Waals surface area contributed by atoms with Crippen molar-refractivity contribution in [2.45, 2.75) is 13.3 Å². The van der Waals surface area contributed by atoms with Crippen LogP contribution in [0.5, 0.6) is 0 Å². The first-order valence-electron chi connectivity index (χ1n) is 8.69. The van der Waals surface area contributed by atoms with E-state index in [1.54, 1.807) is 55.5 Å². The van der Waals surface area contributed by atoms with Crippen LogP contribution in [0.4, 0.5) is 16.0 Å². The van der Waals surface area contributed by atoms with E-state index in [9.17, 15) is 9.18 Å². The summed E-state index contributed by atoms with van der Waals surface area (Å²) in [5, 5.41) is 14.6. The third kappa shape index (κ3) is 4.89. The number of carbonyl (C=O) groups is 1. The number of rotatable bonds is 6. The van der Waals surface area contributed by atoms with Crippen LogP contribution in [0, 0.1) is 24.1 Å². The Balaban J connectivity index is 1.65. The Morgan fingerprint density at radius 2 is 1.89 bits per heavy atom. The Labute approximate surface area is 162 Å². The molecule has 7 heteroatoms. The summed E-state index contributed by atoms with van der Waals surface area (Å²) in [6, 6.07) is 16.7. The van der Waals surface area contributed by atoms with Crippen molar-refractivity contribution in [3.05, 3.63) is 82.9 Å². The van der Waals surface area contributed by atoms with Gasteiger partial charge in [-0.05, 0) is 55.3 Å². The maximum atomic E-state index is 13.7. The second-order valence-electron chi connectivity index (χ2n) is 6.13. The number of benzene rings is 2. The first-order chi connectivity index (χ1) is 13.5. The quantitative estimate of drug-likeness (QED) is 0.685. The molecule has 3 aromatic rings. The van der Waals surface area contributed by atoms with Crippen molar-refractivity contribution in [2.75, 3.05) is 17.2 Å². The highest BCUT2D eigenvalue weighted by molar-refractivity contribution is 6.03. The molecule has 0 atom stereocenters. The maximum absolute atomic E-state index is 13.7. The summed E-state index contributed by atoms with van der Waals surface area (Å²) in [6.45, 7) is 2.20. The van der Waals surface area contributed by atoms with E-state index in [-0.39, 0.29) is 17.4 Å². The topological polar surface area (TPSA) is 90.7 Å². The van der Waals surface area contributed by atoms with Crippen LogP contribution in [0.1, 0.15) is 27.3 Å². The van der Waals surface area contributed by atoms with Crippen LogP contribution in [-0.2, 0) is 6.42 Å². The molecule has 0 saturated heterocycles. The molecule has 0 saturated carbocycles. The van der Waals surface area contributed by atoms with Gasteiger partial charge in [0.15, 0.2) is 0 Å². The first-order valence-corrected chi connectivity index (χ1v) is 8.69. The summed E-state index contributed by atoms with van der Waals surface area (Å²) < 4.78 is 13.7. The lowest BCUT2D eigenvalue weighted by atomic mass is 10.1. The molecule has 1 heterocycles. The van der Waals surface area contributed by atoms with Crippen molar-refractivity contribution >= 4 is 17.5 Å². The summed E-state index contributed by atoms with van der Waals surface area (Å²) in [7, 11) is 0. The highest BCUT2D eigenvalue weighted by Gasteiger charge is 2.11. The second-order valence-corrected chi connectivity index (χ2v) is 6.13. The Hall–Kier alpha value is -3.79. The molecule has 1 amide bonds. The van der Waals surface area contributed by atoms with Crippen LogP contribution in [0.3, 0.4) is 0 Å². The van der Waals surface area contributed by atoms with Crippen LogP contribution >= 0.6 is 0 Å². The van der Waals surface area contributed by atoms with Gasteiger partial charge in [0.1, 0.15) is 11.5 Å². The fraction of sp³-hybridized carbons (Fsp3) is 0.143. The van der Waals surface area contributed by atoms with Crippen molar-refractivity contribution in [3.63, 3.8) is 0 Å². The number of anilines is 2. The lowest BCUT2D eigenvalue weighted by Gasteiger charge is -2.09. The highest BCUT2D eigenvalue weighted by Crippen LogP contribution is 2.12. The molecule has 3 rings (SSSR count). The van der Waals surface area contributed by atoms with Gasteiger partial charge in [0.2, 0.25) is 5.95 Å². The lowest BCUT2D eigenvalue weighted by Crippen LogP contribution is -2.17. The molecule has 2 aromatic carbocycles. The zero-order valence-corrected chi connectivity index (χ0v) is 15.2. The van der Waals surface area contributed by atoms with E-state index >= 15 is 0 Å². The standard InChI is InChI=1S/C21H18FN5O/c1-14-12-19(20(28)26-17-8-6-15(13-23)7-9-17)27-21(25-14)24-11-10-16-4-2-3-5-18(16)22/h2-9,12H,10-11H2,1H3,(H,26,28)(H,24,25,27). The van der Waals surface area contributed by atoms with Crippen molar-refractivity contribution in [2.24, 2.45) is 0 Å². The lowest BCUT2D eigenvalue weighted by molar-refractivity contribution is 0.102.